The second kappa shape index (κ2) is 20.2. The number of nitriles is 1. The molecule has 6 rings (SSSR count). The van der Waals surface area contributed by atoms with Gasteiger partial charge < -0.3 is 34.4 Å². The first-order valence-electron chi connectivity index (χ1n) is 19.4. The molecule has 1 aliphatic rings. The van der Waals surface area contributed by atoms with Gasteiger partial charge in [0.15, 0.2) is 0 Å². The second-order valence-corrected chi connectivity index (χ2v) is 15.1. The van der Waals surface area contributed by atoms with Gasteiger partial charge in [-0.2, -0.15) is 5.26 Å². The third kappa shape index (κ3) is 11.6. The summed E-state index contributed by atoms with van der Waals surface area (Å²) >= 11 is 6.78. The molecule has 0 spiro atoms. The first-order valence-corrected chi connectivity index (χ1v) is 19.8. The SMILES string of the molecule is Cc1c(COc2cc(OCc3cncc(C#N)c3)c(CN[C@](C)(CO)C(=O)O)cc2Cl)cccc1-c1cc(C#Cc2ccccc2)cc(OCCCN2CC[C@@H](O)C2)c1. The number of pyridine rings is 1. The number of hydrogen-bond acceptors (Lipinski definition) is 10. The van der Waals surface area contributed by atoms with Crippen LogP contribution in [0.2, 0.25) is 5.02 Å². The summed E-state index contributed by atoms with van der Waals surface area (Å²) in [6, 6.07) is 28.9. The number of hydrogen-bond donors (Lipinski definition) is 4. The molecule has 1 aromatic heterocycles. The van der Waals surface area contributed by atoms with Crippen LogP contribution in [0.25, 0.3) is 11.1 Å². The topological polar surface area (TPSA) is 157 Å². The number of ether oxygens (including phenoxy) is 3. The van der Waals surface area contributed by atoms with Crippen LogP contribution in [0.4, 0.5) is 0 Å². The van der Waals surface area contributed by atoms with Gasteiger partial charge in [-0.05, 0) is 91.4 Å². The highest BCUT2D eigenvalue weighted by molar-refractivity contribution is 6.32. The van der Waals surface area contributed by atoms with Gasteiger partial charge >= 0.3 is 5.97 Å². The Hall–Kier alpha value is -5.92. The van der Waals surface area contributed by atoms with Crippen molar-refractivity contribution in [2.45, 2.75) is 58.1 Å². The number of aromatic nitrogens is 1. The maximum Gasteiger partial charge on any atom is 0.326 e. The van der Waals surface area contributed by atoms with Gasteiger partial charge in [-0.15, -0.1) is 0 Å². The normalized spacial score (nSPS) is 14.7. The highest BCUT2D eigenvalue weighted by Gasteiger charge is 2.32. The molecule has 0 unspecified atom stereocenters. The van der Waals surface area contributed by atoms with Crippen molar-refractivity contribution in [2.75, 3.05) is 32.8 Å². The van der Waals surface area contributed by atoms with Crippen LogP contribution >= 0.6 is 11.6 Å². The number of aliphatic hydroxyl groups is 2. The number of carboxylic acid groups (broad SMARTS) is 1. The Kier molecular flexibility index (Phi) is 14.6. The molecule has 0 aliphatic carbocycles. The number of carbonyl (C=O) groups is 1. The molecule has 0 radical (unpaired) electrons. The number of likely N-dealkylation sites (tertiary alicyclic amines) is 1. The average Bonchev–Trinajstić information content (AvgIpc) is 3.67. The lowest BCUT2D eigenvalue weighted by Gasteiger charge is -2.25. The van der Waals surface area contributed by atoms with E-state index in [2.05, 4.69) is 45.2 Å². The van der Waals surface area contributed by atoms with Crippen LogP contribution in [0.5, 0.6) is 17.2 Å². The fraction of sp³-hybridized carbons (Fsp3) is 0.298. The summed E-state index contributed by atoms with van der Waals surface area (Å²) in [6.07, 6.45) is 4.44. The van der Waals surface area contributed by atoms with E-state index in [0.29, 0.717) is 47.1 Å². The van der Waals surface area contributed by atoms with E-state index >= 15 is 0 Å². The number of carboxylic acids is 1. The van der Waals surface area contributed by atoms with Gasteiger partial charge in [0.1, 0.15) is 42.1 Å². The van der Waals surface area contributed by atoms with Crippen molar-refractivity contribution in [1.82, 2.24) is 15.2 Å². The second-order valence-electron chi connectivity index (χ2n) is 14.7. The van der Waals surface area contributed by atoms with E-state index in [0.717, 1.165) is 59.3 Å². The van der Waals surface area contributed by atoms with Crippen molar-refractivity contribution in [2.24, 2.45) is 0 Å². The lowest BCUT2D eigenvalue weighted by molar-refractivity contribution is -0.145. The molecule has 4 N–H and O–H groups in total. The van der Waals surface area contributed by atoms with Crippen molar-refractivity contribution in [3.8, 4) is 46.3 Å². The van der Waals surface area contributed by atoms with E-state index in [1.54, 1.807) is 24.4 Å². The van der Waals surface area contributed by atoms with Gasteiger partial charge in [0, 0.05) is 66.9 Å². The van der Waals surface area contributed by atoms with Crippen LogP contribution in [0, 0.1) is 30.1 Å². The monoisotopic (exact) mass is 814 g/mol. The number of β-amino-alcohol motifs (C(OH)–C–C–N with tert-alkyl or cyclic N) is 1. The molecule has 2 atom stereocenters. The highest BCUT2D eigenvalue weighted by atomic mass is 35.5. The van der Waals surface area contributed by atoms with Crippen molar-refractivity contribution in [1.29, 1.82) is 5.26 Å². The molecule has 1 saturated heterocycles. The minimum Gasteiger partial charge on any atom is -0.493 e. The smallest absolute Gasteiger partial charge is 0.326 e. The number of rotatable bonds is 17. The van der Waals surface area contributed by atoms with E-state index in [4.69, 9.17) is 25.8 Å². The molecule has 5 aromatic rings. The van der Waals surface area contributed by atoms with E-state index in [-0.39, 0.29) is 30.9 Å². The Morgan fingerprint density at radius 2 is 1.75 bits per heavy atom. The number of halogens is 1. The van der Waals surface area contributed by atoms with Gasteiger partial charge in [0.25, 0.3) is 0 Å². The van der Waals surface area contributed by atoms with Crippen LogP contribution in [0.15, 0.2) is 97.3 Å². The summed E-state index contributed by atoms with van der Waals surface area (Å²) in [7, 11) is 0. The Balaban J connectivity index is 1.24. The molecule has 0 bridgehead atoms. The number of benzene rings is 4. The maximum atomic E-state index is 11.9. The third-order valence-electron chi connectivity index (χ3n) is 10.2. The molecule has 11 nitrogen and oxygen atoms in total. The van der Waals surface area contributed by atoms with Crippen LogP contribution in [-0.4, -0.2) is 75.7 Å². The molecule has 59 heavy (non-hydrogen) atoms. The molecular formula is C47H47ClN4O7. The summed E-state index contributed by atoms with van der Waals surface area (Å²) < 4.78 is 18.8. The molecule has 2 heterocycles. The van der Waals surface area contributed by atoms with E-state index in [1.165, 1.54) is 13.1 Å². The van der Waals surface area contributed by atoms with Crippen LogP contribution in [0.1, 0.15) is 58.7 Å². The minimum absolute atomic E-state index is 0.0133. The van der Waals surface area contributed by atoms with E-state index in [9.17, 15) is 25.4 Å². The van der Waals surface area contributed by atoms with E-state index in [1.807, 2.05) is 61.5 Å². The fourth-order valence-electron chi connectivity index (χ4n) is 6.61. The largest absolute Gasteiger partial charge is 0.493 e. The lowest BCUT2D eigenvalue weighted by Crippen LogP contribution is -2.52. The molecular weight excluding hydrogens is 768 g/mol. The number of nitrogens with one attached hydrogen (secondary N) is 1. The van der Waals surface area contributed by atoms with Crippen molar-refractivity contribution in [3.05, 3.63) is 141 Å². The van der Waals surface area contributed by atoms with Crippen molar-refractivity contribution >= 4 is 17.6 Å². The quantitative estimate of drug-likeness (QED) is 0.0572. The van der Waals surface area contributed by atoms with Crippen LogP contribution in [-0.2, 0) is 24.6 Å². The van der Waals surface area contributed by atoms with Gasteiger partial charge in [0.2, 0.25) is 0 Å². The Morgan fingerprint density at radius 3 is 2.49 bits per heavy atom. The predicted octanol–water partition coefficient (Wildman–Crippen LogP) is 6.90. The number of aliphatic carboxylic acids is 1. The summed E-state index contributed by atoms with van der Waals surface area (Å²) in [5, 5.41) is 41.9. The summed E-state index contributed by atoms with van der Waals surface area (Å²) in [4.78, 5) is 18.2. The molecule has 4 aromatic carbocycles. The van der Waals surface area contributed by atoms with Gasteiger partial charge in [-0.1, -0.05) is 59.8 Å². The first-order chi connectivity index (χ1) is 28.5. The summed E-state index contributed by atoms with van der Waals surface area (Å²) in [6.45, 7) is 6.03. The Labute approximate surface area is 349 Å². The fourth-order valence-corrected chi connectivity index (χ4v) is 6.86. The van der Waals surface area contributed by atoms with Crippen molar-refractivity contribution in [3.63, 3.8) is 0 Å². The first kappa shape index (κ1) is 42.7. The summed E-state index contributed by atoms with van der Waals surface area (Å²) in [5.41, 5.74) is 5.55. The van der Waals surface area contributed by atoms with E-state index < -0.39 is 18.1 Å². The van der Waals surface area contributed by atoms with Gasteiger partial charge in [0.05, 0.1) is 29.9 Å². The zero-order valence-electron chi connectivity index (χ0n) is 33.1. The zero-order chi connectivity index (χ0) is 41.8. The number of nitrogens with zero attached hydrogens (tertiary/aromatic N) is 3. The molecule has 12 heteroatoms. The zero-order valence-corrected chi connectivity index (χ0v) is 33.8. The number of aliphatic hydroxyl groups excluding tert-OH is 2. The van der Waals surface area contributed by atoms with Crippen LogP contribution < -0.4 is 19.5 Å². The maximum absolute atomic E-state index is 11.9. The molecule has 1 fully saturated rings. The summed E-state index contributed by atoms with van der Waals surface area (Å²) in [5.74, 6) is 6.81. The predicted molar refractivity (Wildman–Crippen MR) is 225 cm³/mol. The molecule has 0 amide bonds. The van der Waals surface area contributed by atoms with Crippen LogP contribution in [0.3, 0.4) is 0 Å². The van der Waals surface area contributed by atoms with Gasteiger partial charge in [-0.25, -0.2) is 0 Å². The van der Waals surface area contributed by atoms with Gasteiger partial charge in [-0.3, -0.25) is 15.1 Å². The molecule has 1 aliphatic heterocycles. The lowest BCUT2D eigenvalue weighted by atomic mass is 9.95. The molecule has 0 saturated carbocycles. The standard InChI is InChI=1S/C47H47ClN4O7/c1-32-37(30-59-45-23-44(58-29-36-18-35(24-49)25-50-26-36)39(22-43(45)48)27-51-47(2,31-53)46(55)56)10-6-11-42(32)38-19-34(13-12-33-8-4-3-5-9-33)20-41(21-38)57-17-7-15-52-16-14-40(54)28-52/h3-6,8-11,18-23,25-26,40,51,53-54H,7,14-17,27-31H2,1-2H3,(H,55,56)/t40-,47-/m1/s1. The Bertz CT molecular complexity index is 2360. The Morgan fingerprint density at radius 1 is 0.949 bits per heavy atom. The molecule has 304 valence electrons. The van der Waals surface area contributed by atoms with Crippen molar-refractivity contribution < 1.29 is 34.3 Å². The third-order valence-corrected chi connectivity index (χ3v) is 10.5. The highest BCUT2D eigenvalue weighted by Crippen LogP contribution is 2.36. The average molecular weight is 815 g/mol. The minimum atomic E-state index is -1.61.